The van der Waals surface area contributed by atoms with E-state index in [0.717, 1.165) is 70.6 Å². The molecule has 0 saturated carbocycles. The molecule has 0 heterocycles. The van der Waals surface area contributed by atoms with Crippen LogP contribution in [0.5, 0.6) is 0 Å². The zero-order chi connectivity index (χ0) is 38.5. The van der Waals surface area contributed by atoms with Gasteiger partial charge in [-0.2, -0.15) is 0 Å². The van der Waals surface area contributed by atoms with Crippen LogP contribution in [0.3, 0.4) is 0 Å². The Morgan fingerprint density at radius 2 is 1.08 bits per heavy atom. The van der Waals surface area contributed by atoms with Gasteiger partial charge in [0.2, 0.25) is 0 Å². The third-order valence-corrected chi connectivity index (χ3v) is 8.99. The average Bonchev–Trinajstić information content (AvgIpc) is 3.09. The first kappa shape index (κ1) is 49.3. The summed E-state index contributed by atoms with van der Waals surface area (Å²) in [7, 11) is 5.51. The van der Waals surface area contributed by atoms with Gasteiger partial charge in [0.1, 0.15) is 6.61 Å². The molecule has 0 spiro atoms. The van der Waals surface area contributed by atoms with Crippen LogP contribution in [0.4, 0.5) is 0 Å². The number of rotatable bonds is 36. The molecule has 8 heteroatoms. The number of nitrogens with zero attached hydrogens (tertiary/aromatic N) is 1. The predicted molar refractivity (Wildman–Crippen MR) is 215 cm³/mol. The summed E-state index contributed by atoms with van der Waals surface area (Å²) in [5.74, 6) is -1.51. The van der Waals surface area contributed by atoms with Crippen LogP contribution in [0, 0.1) is 0 Å². The topological polar surface area (TPSA) is 99.1 Å². The van der Waals surface area contributed by atoms with E-state index in [4.69, 9.17) is 14.2 Å². The molecule has 1 N–H and O–H groups in total. The third kappa shape index (κ3) is 33.1. The Hall–Kier alpha value is -2.71. The first-order chi connectivity index (χ1) is 25.1. The number of carbonyl (C=O) groups is 3. The third-order valence-electron chi connectivity index (χ3n) is 8.99. The van der Waals surface area contributed by atoms with Crippen molar-refractivity contribution in [3.8, 4) is 0 Å². The molecule has 0 radical (unpaired) electrons. The van der Waals surface area contributed by atoms with Crippen molar-refractivity contribution in [1.82, 2.24) is 0 Å². The summed E-state index contributed by atoms with van der Waals surface area (Å²) in [6.45, 7) is 4.57. The number of carbonyl (C=O) groups excluding carboxylic acids is 2. The summed E-state index contributed by atoms with van der Waals surface area (Å²) in [5, 5.41) is 9.60. The molecule has 0 rings (SSSR count). The van der Waals surface area contributed by atoms with Crippen molar-refractivity contribution in [2.24, 2.45) is 0 Å². The van der Waals surface area contributed by atoms with Crippen molar-refractivity contribution in [3.05, 3.63) is 48.6 Å². The van der Waals surface area contributed by atoms with Crippen molar-refractivity contribution < 1.29 is 38.2 Å². The number of ether oxygens (including phenoxy) is 3. The van der Waals surface area contributed by atoms with Gasteiger partial charge in [0.15, 0.2) is 12.1 Å². The molecule has 0 aliphatic carbocycles. The van der Waals surface area contributed by atoms with Crippen LogP contribution in [0.15, 0.2) is 48.6 Å². The Labute approximate surface area is 318 Å². The molecule has 52 heavy (non-hydrogen) atoms. The van der Waals surface area contributed by atoms with Crippen LogP contribution in [0.25, 0.3) is 0 Å². The van der Waals surface area contributed by atoms with Gasteiger partial charge in [-0.25, -0.2) is 4.79 Å². The molecule has 0 bridgehead atoms. The first-order valence-corrected chi connectivity index (χ1v) is 20.7. The van der Waals surface area contributed by atoms with Gasteiger partial charge in [0.25, 0.3) is 0 Å². The number of quaternary nitrogens is 1. The fourth-order valence-corrected chi connectivity index (χ4v) is 5.79. The number of unbranched alkanes of at least 4 members (excludes halogenated alkanes) is 14. The molecule has 0 amide bonds. The lowest BCUT2D eigenvalue weighted by molar-refractivity contribution is -0.887. The second-order valence-corrected chi connectivity index (χ2v) is 14.9. The van der Waals surface area contributed by atoms with Crippen molar-refractivity contribution in [2.75, 3.05) is 41.0 Å². The van der Waals surface area contributed by atoms with E-state index in [1.165, 1.54) is 57.8 Å². The van der Waals surface area contributed by atoms with E-state index < -0.39 is 18.1 Å². The number of hydrogen-bond acceptors (Lipinski definition) is 6. The van der Waals surface area contributed by atoms with Crippen LogP contribution in [-0.4, -0.2) is 80.6 Å². The average molecular weight is 733 g/mol. The van der Waals surface area contributed by atoms with Gasteiger partial charge in [0.05, 0.1) is 34.4 Å². The Morgan fingerprint density at radius 3 is 1.60 bits per heavy atom. The smallest absolute Gasteiger partial charge is 0.362 e. The van der Waals surface area contributed by atoms with E-state index in [1.807, 2.05) is 21.1 Å². The molecule has 0 aromatic heterocycles. The highest BCUT2D eigenvalue weighted by Crippen LogP contribution is 2.14. The molecule has 0 aliphatic rings. The summed E-state index contributed by atoms with van der Waals surface area (Å²) >= 11 is 0. The maximum absolute atomic E-state index is 12.7. The van der Waals surface area contributed by atoms with Crippen LogP contribution in [0.2, 0.25) is 0 Å². The van der Waals surface area contributed by atoms with Crippen molar-refractivity contribution in [2.45, 2.75) is 174 Å². The Morgan fingerprint density at radius 1 is 0.596 bits per heavy atom. The summed E-state index contributed by atoms with van der Waals surface area (Å²) in [6.07, 6.45) is 40.1. The van der Waals surface area contributed by atoms with Crippen molar-refractivity contribution >= 4 is 17.9 Å². The lowest BCUT2D eigenvalue weighted by atomic mass is 10.0. The van der Waals surface area contributed by atoms with Gasteiger partial charge < -0.3 is 23.8 Å². The molecule has 300 valence electrons. The minimum Gasteiger partial charge on any atom is -0.477 e. The first-order valence-electron chi connectivity index (χ1n) is 20.7. The van der Waals surface area contributed by atoms with E-state index in [0.29, 0.717) is 19.3 Å². The van der Waals surface area contributed by atoms with Crippen LogP contribution < -0.4 is 0 Å². The maximum Gasteiger partial charge on any atom is 0.362 e. The van der Waals surface area contributed by atoms with Gasteiger partial charge in [-0.05, 0) is 51.4 Å². The SMILES string of the molecule is CC/C=C/C/C=C/C/C=C/C/C=C/CCCCCC(=O)OCC(COCCC(C(=O)O)[N+](C)(C)C)OC(=O)CCCCCCCCCCCCCC. The van der Waals surface area contributed by atoms with E-state index in [2.05, 4.69) is 62.5 Å². The fraction of sp³-hybridized carbons (Fsp3) is 0.750. The van der Waals surface area contributed by atoms with Gasteiger partial charge >= 0.3 is 17.9 Å². The lowest BCUT2D eigenvalue weighted by Gasteiger charge is -2.31. The van der Waals surface area contributed by atoms with E-state index in [-0.39, 0.29) is 36.2 Å². The largest absolute Gasteiger partial charge is 0.477 e. The standard InChI is InChI=1S/C44H77NO7/c1-6-8-10-12-14-16-18-20-21-22-23-25-26-28-30-32-34-42(46)51-39-40(38-50-37-36-41(44(48)49)45(3,4)5)52-43(47)35-33-31-29-27-24-19-17-15-13-11-9-7-2/h8,10,14,16,20-21,23,25,40-41H,6-7,9,11-13,15,17-19,22,24,26-39H2,1-5H3/p+1/b10-8+,16-14+,21-20+,25-23+. The van der Waals surface area contributed by atoms with E-state index in [9.17, 15) is 19.5 Å². The minimum absolute atomic E-state index is 0.0514. The number of hydrogen-bond donors (Lipinski definition) is 1. The molecule has 2 unspecified atom stereocenters. The second kappa shape index (κ2) is 35.3. The zero-order valence-corrected chi connectivity index (χ0v) is 34.0. The number of carboxylic acids is 1. The number of allylic oxidation sites excluding steroid dienone is 8. The van der Waals surface area contributed by atoms with Crippen molar-refractivity contribution in [1.29, 1.82) is 0 Å². The molecular weight excluding hydrogens is 654 g/mol. The lowest BCUT2D eigenvalue weighted by Crippen LogP contribution is -2.50. The fourth-order valence-electron chi connectivity index (χ4n) is 5.79. The summed E-state index contributed by atoms with van der Waals surface area (Å²) < 4.78 is 17.2. The zero-order valence-electron chi connectivity index (χ0n) is 34.0. The summed E-state index contributed by atoms with van der Waals surface area (Å²) in [5.41, 5.74) is 0. The maximum atomic E-state index is 12.7. The molecule has 2 atom stereocenters. The highest BCUT2D eigenvalue weighted by Gasteiger charge is 2.31. The molecule has 0 aliphatic heterocycles. The minimum atomic E-state index is -0.881. The molecule has 0 aromatic carbocycles. The van der Waals surface area contributed by atoms with Gasteiger partial charge in [-0.15, -0.1) is 0 Å². The number of esters is 2. The van der Waals surface area contributed by atoms with Gasteiger partial charge in [-0.3, -0.25) is 9.59 Å². The molecule has 0 fully saturated rings. The molecule has 0 aromatic rings. The molecular formula is C44H78NO7+. The number of carboxylic acid groups (broad SMARTS) is 1. The molecule has 8 nitrogen and oxygen atoms in total. The highest BCUT2D eigenvalue weighted by molar-refractivity contribution is 5.72. The van der Waals surface area contributed by atoms with Gasteiger partial charge in [0, 0.05) is 19.3 Å². The number of aliphatic carboxylic acids is 1. The normalized spacial score (nSPS) is 13.5. The summed E-state index contributed by atoms with van der Waals surface area (Å²) in [6, 6.07) is -0.618. The van der Waals surface area contributed by atoms with Gasteiger partial charge in [-0.1, -0.05) is 140 Å². The van der Waals surface area contributed by atoms with Crippen LogP contribution in [-0.2, 0) is 28.6 Å². The van der Waals surface area contributed by atoms with Crippen LogP contribution in [0.1, 0.15) is 162 Å². The molecule has 0 saturated heterocycles. The number of likely N-dealkylation sites (N-methyl/N-ethyl adjacent to an activating group) is 1. The van der Waals surface area contributed by atoms with Crippen molar-refractivity contribution in [3.63, 3.8) is 0 Å². The van der Waals surface area contributed by atoms with E-state index >= 15 is 0 Å². The Bertz CT molecular complexity index is 995. The monoisotopic (exact) mass is 733 g/mol. The highest BCUT2D eigenvalue weighted by atomic mass is 16.6. The Kier molecular flexibility index (Phi) is 33.5. The predicted octanol–water partition coefficient (Wildman–Crippen LogP) is 10.9. The second-order valence-electron chi connectivity index (χ2n) is 14.9. The quantitative estimate of drug-likeness (QED) is 0.0296. The van der Waals surface area contributed by atoms with E-state index in [1.54, 1.807) is 0 Å². The Balaban J connectivity index is 4.43. The summed E-state index contributed by atoms with van der Waals surface area (Å²) in [4.78, 5) is 36.9. The van der Waals surface area contributed by atoms with Crippen LogP contribution >= 0.6 is 0 Å².